The van der Waals surface area contributed by atoms with Gasteiger partial charge in [-0.15, -0.1) is 11.3 Å². The lowest BCUT2D eigenvalue weighted by molar-refractivity contribution is -0.135. The molecular formula is C28H31ClN2O5S2. The number of halogens is 1. The van der Waals surface area contributed by atoms with Gasteiger partial charge in [-0.25, -0.2) is 8.42 Å². The summed E-state index contributed by atoms with van der Waals surface area (Å²) in [7, 11) is -3.95. The summed E-state index contributed by atoms with van der Waals surface area (Å²) in [5, 5.41) is 2.48. The van der Waals surface area contributed by atoms with Crippen LogP contribution in [-0.2, 0) is 26.0 Å². The molecule has 2 aliphatic heterocycles. The number of aryl methyl sites for hydroxylation is 1. The maximum absolute atomic E-state index is 13.8. The van der Waals surface area contributed by atoms with E-state index in [9.17, 15) is 13.2 Å². The minimum absolute atomic E-state index is 0.103. The minimum atomic E-state index is -3.95. The first-order valence-corrected chi connectivity index (χ1v) is 15.4. The molecule has 1 saturated heterocycles. The van der Waals surface area contributed by atoms with Crippen LogP contribution in [0.3, 0.4) is 0 Å². The minimum Gasteiger partial charge on any atom is -0.491 e. The highest BCUT2D eigenvalue weighted by atomic mass is 35.5. The Hall–Kier alpha value is -2.43. The third kappa shape index (κ3) is 6.07. The van der Waals surface area contributed by atoms with Gasteiger partial charge < -0.3 is 14.4 Å². The molecule has 3 heterocycles. The summed E-state index contributed by atoms with van der Waals surface area (Å²) in [6.07, 6.45) is 2.12. The molecule has 0 radical (unpaired) electrons. The van der Waals surface area contributed by atoms with Crippen molar-refractivity contribution >= 4 is 38.9 Å². The summed E-state index contributed by atoms with van der Waals surface area (Å²) in [4.78, 5) is 16.9. The largest absolute Gasteiger partial charge is 0.491 e. The van der Waals surface area contributed by atoms with Crippen LogP contribution in [0.25, 0.3) is 0 Å². The topological polar surface area (TPSA) is 76.2 Å². The molecule has 0 unspecified atom stereocenters. The van der Waals surface area contributed by atoms with Gasteiger partial charge in [-0.3, -0.25) is 4.79 Å². The summed E-state index contributed by atoms with van der Waals surface area (Å²) < 4.78 is 40.4. The van der Waals surface area contributed by atoms with Crippen molar-refractivity contribution in [1.82, 2.24) is 9.21 Å². The molecule has 0 bridgehead atoms. The number of amides is 1. The van der Waals surface area contributed by atoms with Crippen LogP contribution in [0, 0.1) is 6.92 Å². The van der Waals surface area contributed by atoms with Gasteiger partial charge in [-0.05, 0) is 79.6 Å². The molecule has 202 valence electrons. The van der Waals surface area contributed by atoms with Crippen LogP contribution in [0.1, 0.15) is 34.9 Å². The van der Waals surface area contributed by atoms with E-state index in [0.717, 1.165) is 36.1 Å². The molecule has 2 atom stereocenters. The molecular weight excluding hydrogens is 544 g/mol. The van der Waals surface area contributed by atoms with Gasteiger partial charge in [-0.1, -0.05) is 29.3 Å². The third-order valence-electron chi connectivity index (χ3n) is 7.04. The number of carbonyl (C=O) groups is 1. The fourth-order valence-electron chi connectivity index (χ4n) is 4.94. The number of sulfonamides is 1. The Kier molecular flexibility index (Phi) is 8.40. The average molecular weight is 575 g/mol. The van der Waals surface area contributed by atoms with E-state index in [0.29, 0.717) is 18.2 Å². The fourth-order valence-corrected chi connectivity index (χ4v) is 7.42. The summed E-state index contributed by atoms with van der Waals surface area (Å²) in [6, 6.07) is 15.6. The molecule has 2 aliphatic rings. The Bertz CT molecular complexity index is 1350. The maximum atomic E-state index is 13.8. The molecule has 3 aromatic rings. The van der Waals surface area contributed by atoms with Crippen LogP contribution in [0.4, 0.5) is 0 Å². The molecule has 0 saturated carbocycles. The van der Waals surface area contributed by atoms with E-state index in [4.69, 9.17) is 21.1 Å². The van der Waals surface area contributed by atoms with Crippen LogP contribution < -0.4 is 4.74 Å². The van der Waals surface area contributed by atoms with Crippen LogP contribution in [0.15, 0.2) is 64.9 Å². The van der Waals surface area contributed by atoms with Crippen molar-refractivity contribution < 1.29 is 22.7 Å². The Morgan fingerprint density at radius 2 is 1.92 bits per heavy atom. The quantitative estimate of drug-likeness (QED) is 0.356. The third-order valence-corrected chi connectivity index (χ3v) is 10.1. The number of ether oxygens (including phenoxy) is 2. The zero-order chi connectivity index (χ0) is 26.7. The van der Waals surface area contributed by atoms with Gasteiger partial charge in [0.2, 0.25) is 15.9 Å². The van der Waals surface area contributed by atoms with E-state index in [1.54, 1.807) is 28.4 Å². The van der Waals surface area contributed by atoms with Gasteiger partial charge in [0.15, 0.2) is 0 Å². The number of carbonyl (C=O) groups excluding carboxylic acids is 1. The van der Waals surface area contributed by atoms with Gasteiger partial charge >= 0.3 is 0 Å². The van der Waals surface area contributed by atoms with Gasteiger partial charge in [-0.2, -0.15) is 4.31 Å². The van der Waals surface area contributed by atoms with Crippen LogP contribution >= 0.6 is 22.9 Å². The van der Waals surface area contributed by atoms with Gasteiger partial charge in [0.25, 0.3) is 0 Å². The number of benzene rings is 2. The van der Waals surface area contributed by atoms with Crippen molar-refractivity contribution in [2.24, 2.45) is 0 Å². The zero-order valence-corrected chi connectivity index (χ0v) is 23.6. The first-order chi connectivity index (χ1) is 18.3. The Morgan fingerprint density at radius 3 is 2.63 bits per heavy atom. The lowest BCUT2D eigenvalue weighted by atomic mass is 10.0. The van der Waals surface area contributed by atoms with Gasteiger partial charge in [0, 0.05) is 29.6 Å². The second-order valence-electron chi connectivity index (χ2n) is 9.66. The number of hydrogen-bond acceptors (Lipinski definition) is 6. The first-order valence-electron chi connectivity index (χ1n) is 12.7. The molecule has 7 nitrogen and oxygen atoms in total. The van der Waals surface area contributed by atoms with Crippen LogP contribution in [0.5, 0.6) is 5.75 Å². The summed E-state index contributed by atoms with van der Waals surface area (Å²) in [5.41, 5.74) is 2.20. The highest BCUT2D eigenvalue weighted by molar-refractivity contribution is 7.89. The standard InChI is InChI=1S/C28H31ClN2O5S2/c1-20-4-8-22(9-5-20)36-19-26-25-13-16-37-27(25)12-14-31(26)28(32)18-30(17-23-3-2-15-35-23)38(33,34)24-10-6-21(29)7-11-24/h4-11,13,16,23,26H,2-3,12,14-15,17-19H2,1H3/t23-,26+/m1/s1. The highest BCUT2D eigenvalue weighted by Crippen LogP contribution is 2.34. The molecule has 38 heavy (non-hydrogen) atoms. The van der Waals surface area contributed by atoms with E-state index in [2.05, 4.69) is 0 Å². The molecule has 5 rings (SSSR count). The van der Waals surface area contributed by atoms with Gasteiger partial charge in [0.05, 0.1) is 23.6 Å². The zero-order valence-electron chi connectivity index (χ0n) is 21.2. The fraction of sp³-hybridized carbons (Fsp3) is 0.393. The van der Waals surface area contributed by atoms with E-state index < -0.39 is 10.0 Å². The number of nitrogens with zero attached hydrogens (tertiary/aromatic N) is 2. The number of thiophene rings is 1. The van der Waals surface area contributed by atoms with Crippen molar-refractivity contribution in [3.05, 3.63) is 81.0 Å². The lowest BCUT2D eigenvalue weighted by Gasteiger charge is -2.37. The second-order valence-corrected chi connectivity index (χ2v) is 13.0. The van der Waals surface area contributed by atoms with Crippen molar-refractivity contribution in [3.63, 3.8) is 0 Å². The normalized spacial score (nSPS) is 19.5. The van der Waals surface area contributed by atoms with E-state index in [-0.39, 0.29) is 42.6 Å². The lowest BCUT2D eigenvalue weighted by Crippen LogP contribution is -2.49. The SMILES string of the molecule is Cc1ccc(OC[C@H]2c3ccsc3CCN2C(=O)CN(C[C@H]2CCCO2)S(=O)(=O)c2ccc(Cl)cc2)cc1. The van der Waals surface area contributed by atoms with E-state index in [1.165, 1.54) is 21.3 Å². The van der Waals surface area contributed by atoms with Crippen molar-refractivity contribution in [1.29, 1.82) is 0 Å². The predicted molar refractivity (Wildman–Crippen MR) is 148 cm³/mol. The monoisotopic (exact) mass is 574 g/mol. The van der Waals surface area contributed by atoms with Crippen molar-refractivity contribution in [2.75, 3.05) is 32.8 Å². The first kappa shape index (κ1) is 27.1. The smallest absolute Gasteiger partial charge is 0.243 e. The molecule has 0 spiro atoms. The second kappa shape index (κ2) is 11.8. The van der Waals surface area contributed by atoms with E-state index >= 15 is 0 Å². The Balaban J connectivity index is 1.38. The molecule has 1 amide bonds. The molecule has 1 fully saturated rings. The summed E-state index contributed by atoms with van der Waals surface area (Å²) in [6.45, 7) is 3.25. The van der Waals surface area contributed by atoms with Crippen molar-refractivity contribution in [3.8, 4) is 5.75 Å². The molecule has 10 heteroatoms. The van der Waals surface area contributed by atoms with E-state index in [1.807, 2.05) is 42.6 Å². The maximum Gasteiger partial charge on any atom is 0.243 e. The molecule has 0 N–H and O–H groups in total. The molecule has 1 aromatic heterocycles. The Labute approximate surface area is 233 Å². The summed E-state index contributed by atoms with van der Waals surface area (Å²) >= 11 is 7.67. The van der Waals surface area contributed by atoms with Gasteiger partial charge in [0.1, 0.15) is 12.4 Å². The number of hydrogen-bond donors (Lipinski definition) is 0. The highest BCUT2D eigenvalue weighted by Gasteiger charge is 2.36. The number of fused-ring (bicyclic) bond motifs is 1. The van der Waals surface area contributed by atoms with Crippen molar-refractivity contribution in [2.45, 2.75) is 43.2 Å². The Morgan fingerprint density at radius 1 is 1.16 bits per heavy atom. The van der Waals surface area contributed by atoms with Crippen LogP contribution in [-0.4, -0.2) is 62.5 Å². The predicted octanol–water partition coefficient (Wildman–Crippen LogP) is 5.08. The number of rotatable bonds is 9. The molecule has 0 aliphatic carbocycles. The summed E-state index contributed by atoms with van der Waals surface area (Å²) in [5.74, 6) is 0.477. The van der Waals surface area contributed by atoms with Crippen LogP contribution in [0.2, 0.25) is 5.02 Å². The average Bonchev–Trinajstić information content (AvgIpc) is 3.60. The molecule has 2 aromatic carbocycles.